The minimum absolute atomic E-state index is 0.283. The van der Waals surface area contributed by atoms with Crippen LogP contribution in [0.5, 0.6) is 0 Å². The van der Waals surface area contributed by atoms with Crippen LogP contribution >= 0.6 is 11.8 Å². The Morgan fingerprint density at radius 3 is 2.86 bits per heavy atom. The number of nitrogens with zero attached hydrogens (tertiary/aromatic N) is 2. The molecule has 0 fully saturated rings. The summed E-state index contributed by atoms with van der Waals surface area (Å²) in [5, 5.41) is 9.09. The Labute approximate surface area is 82.7 Å². The van der Waals surface area contributed by atoms with E-state index < -0.39 is 12.7 Å². The normalized spacial score (nSPS) is 11.9. The van der Waals surface area contributed by atoms with Gasteiger partial charge in [-0.15, -0.1) is 0 Å². The van der Waals surface area contributed by atoms with E-state index in [1.165, 1.54) is 18.1 Å². The fraction of sp³-hybridized carbons (Fsp3) is 0.667. The van der Waals surface area contributed by atoms with Crippen molar-refractivity contribution in [3.8, 4) is 0 Å². The van der Waals surface area contributed by atoms with E-state index in [1.807, 2.05) is 0 Å². The van der Waals surface area contributed by atoms with Gasteiger partial charge in [-0.3, -0.25) is 5.10 Å². The topological polar surface area (TPSA) is 53.6 Å². The fourth-order valence-electron chi connectivity index (χ4n) is 0.714. The number of thioether (sulfide) groups is 1. The fourth-order valence-corrected chi connectivity index (χ4v) is 1.39. The number of hydrogen-bond donors (Lipinski definition) is 2. The molecule has 0 amide bonds. The Kier molecular flexibility index (Phi) is 4.21. The third-order valence-electron chi connectivity index (χ3n) is 1.24. The molecule has 1 aromatic heterocycles. The molecule has 0 atom stereocenters. The van der Waals surface area contributed by atoms with Gasteiger partial charge in [0, 0.05) is 12.3 Å². The molecule has 0 saturated carbocycles. The predicted octanol–water partition coefficient (Wildman–Crippen LogP) is 1.05. The molecule has 0 aliphatic carbocycles. The van der Waals surface area contributed by atoms with Crippen LogP contribution in [0.1, 0.15) is 0 Å². The first-order valence-electron chi connectivity index (χ1n) is 3.83. The van der Waals surface area contributed by atoms with Crippen LogP contribution in [0, 0.1) is 0 Å². The molecule has 0 aliphatic heterocycles. The number of nitrogens with one attached hydrogen (secondary N) is 2. The summed E-state index contributed by atoms with van der Waals surface area (Å²) in [6.07, 6.45) is -2.79. The first kappa shape index (κ1) is 11.3. The summed E-state index contributed by atoms with van der Waals surface area (Å²) in [6, 6.07) is 0. The molecule has 0 unspecified atom stereocenters. The van der Waals surface area contributed by atoms with Crippen molar-refractivity contribution < 1.29 is 13.2 Å². The van der Waals surface area contributed by atoms with Crippen molar-refractivity contribution in [1.29, 1.82) is 0 Å². The van der Waals surface area contributed by atoms with Crippen molar-refractivity contribution in [1.82, 2.24) is 20.5 Å². The molecule has 0 radical (unpaired) electrons. The Balaban J connectivity index is 2.00. The molecule has 14 heavy (non-hydrogen) atoms. The molecular weight excluding hydrogens is 217 g/mol. The van der Waals surface area contributed by atoms with E-state index in [0.29, 0.717) is 10.9 Å². The maximum atomic E-state index is 11.7. The van der Waals surface area contributed by atoms with Crippen molar-refractivity contribution in [2.24, 2.45) is 0 Å². The monoisotopic (exact) mass is 226 g/mol. The maximum absolute atomic E-state index is 11.7. The summed E-state index contributed by atoms with van der Waals surface area (Å²) in [7, 11) is 0. The lowest BCUT2D eigenvalue weighted by atomic mass is 10.6. The third-order valence-corrected chi connectivity index (χ3v) is 2.11. The predicted molar refractivity (Wildman–Crippen MR) is 46.0 cm³/mol. The van der Waals surface area contributed by atoms with Crippen LogP contribution < -0.4 is 5.32 Å². The maximum Gasteiger partial charge on any atom is 0.401 e. The Morgan fingerprint density at radius 1 is 1.50 bits per heavy atom. The zero-order chi connectivity index (χ0) is 10.4. The molecule has 0 saturated heterocycles. The molecule has 1 aromatic rings. The van der Waals surface area contributed by atoms with Crippen LogP contribution in [0.3, 0.4) is 0 Å². The molecule has 80 valence electrons. The van der Waals surface area contributed by atoms with Crippen molar-refractivity contribution >= 4 is 11.8 Å². The Hall–Kier alpha value is -0.760. The van der Waals surface area contributed by atoms with Gasteiger partial charge in [-0.25, -0.2) is 4.98 Å². The average Bonchev–Trinajstić information content (AvgIpc) is 2.54. The quantitative estimate of drug-likeness (QED) is 0.582. The smallest absolute Gasteiger partial charge is 0.308 e. The molecule has 0 aliphatic rings. The van der Waals surface area contributed by atoms with Gasteiger partial charge in [0.05, 0.1) is 6.54 Å². The van der Waals surface area contributed by atoms with Crippen LogP contribution in [-0.4, -0.2) is 40.2 Å². The SMILES string of the molecule is FC(F)(F)CNCCSc1ncn[nH]1. The molecule has 0 spiro atoms. The van der Waals surface area contributed by atoms with E-state index >= 15 is 0 Å². The lowest BCUT2D eigenvalue weighted by Gasteiger charge is -2.06. The molecule has 4 nitrogen and oxygen atoms in total. The minimum atomic E-state index is -4.14. The number of H-pyrrole nitrogens is 1. The average molecular weight is 226 g/mol. The molecule has 8 heteroatoms. The van der Waals surface area contributed by atoms with E-state index in [-0.39, 0.29) is 6.54 Å². The van der Waals surface area contributed by atoms with Gasteiger partial charge in [-0.2, -0.15) is 18.3 Å². The first-order valence-corrected chi connectivity index (χ1v) is 4.82. The van der Waals surface area contributed by atoms with E-state index in [0.717, 1.165) is 0 Å². The second-order valence-electron chi connectivity index (χ2n) is 2.43. The third kappa shape index (κ3) is 5.07. The molecule has 0 bridgehead atoms. The van der Waals surface area contributed by atoms with Crippen molar-refractivity contribution in [2.45, 2.75) is 11.3 Å². The van der Waals surface area contributed by atoms with Gasteiger partial charge in [0.15, 0.2) is 5.16 Å². The number of halogens is 3. The zero-order valence-corrected chi connectivity index (χ0v) is 7.95. The van der Waals surface area contributed by atoms with Gasteiger partial charge in [0.1, 0.15) is 6.33 Å². The standard InChI is InChI=1S/C6H9F3N4S/c7-6(8,9)3-10-1-2-14-5-11-4-12-13-5/h4,10H,1-3H2,(H,11,12,13). The van der Waals surface area contributed by atoms with Crippen LogP contribution in [0.4, 0.5) is 13.2 Å². The highest BCUT2D eigenvalue weighted by Crippen LogP contribution is 2.13. The van der Waals surface area contributed by atoms with E-state index in [1.54, 1.807) is 0 Å². The zero-order valence-electron chi connectivity index (χ0n) is 7.14. The van der Waals surface area contributed by atoms with Gasteiger partial charge in [0.2, 0.25) is 0 Å². The molecule has 0 aromatic carbocycles. The molecule has 2 N–H and O–H groups in total. The Morgan fingerprint density at radius 2 is 2.29 bits per heavy atom. The highest BCUT2D eigenvalue weighted by Gasteiger charge is 2.25. The van der Waals surface area contributed by atoms with Crippen molar-refractivity contribution in [3.05, 3.63) is 6.33 Å². The van der Waals surface area contributed by atoms with Crippen molar-refractivity contribution in [3.63, 3.8) is 0 Å². The summed E-state index contributed by atoms with van der Waals surface area (Å²) < 4.78 is 35.0. The van der Waals surface area contributed by atoms with Gasteiger partial charge in [0.25, 0.3) is 0 Å². The number of aromatic amines is 1. The number of rotatable bonds is 5. The van der Waals surface area contributed by atoms with Gasteiger partial charge in [-0.05, 0) is 0 Å². The van der Waals surface area contributed by atoms with Crippen molar-refractivity contribution in [2.75, 3.05) is 18.8 Å². The number of hydrogen-bond acceptors (Lipinski definition) is 4. The van der Waals surface area contributed by atoms with Gasteiger partial charge >= 0.3 is 6.18 Å². The lowest BCUT2D eigenvalue weighted by Crippen LogP contribution is -2.30. The van der Waals surface area contributed by atoms with Gasteiger partial charge < -0.3 is 5.32 Å². The van der Waals surface area contributed by atoms with E-state index in [9.17, 15) is 13.2 Å². The van der Waals surface area contributed by atoms with E-state index in [2.05, 4.69) is 20.5 Å². The lowest BCUT2D eigenvalue weighted by molar-refractivity contribution is -0.124. The Bertz CT molecular complexity index is 248. The summed E-state index contributed by atoms with van der Waals surface area (Å²) in [6.45, 7) is -0.672. The highest BCUT2D eigenvalue weighted by atomic mass is 32.2. The van der Waals surface area contributed by atoms with E-state index in [4.69, 9.17) is 0 Å². The summed E-state index contributed by atoms with van der Waals surface area (Å²) in [4.78, 5) is 3.81. The minimum Gasteiger partial charge on any atom is -0.308 e. The summed E-state index contributed by atoms with van der Waals surface area (Å²) in [5.41, 5.74) is 0. The number of aromatic nitrogens is 3. The molecular formula is C6H9F3N4S. The van der Waals surface area contributed by atoms with Crippen LogP contribution in [0.25, 0.3) is 0 Å². The molecule has 1 heterocycles. The summed E-state index contributed by atoms with van der Waals surface area (Å²) in [5.74, 6) is 0.519. The largest absolute Gasteiger partial charge is 0.401 e. The van der Waals surface area contributed by atoms with Crippen LogP contribution in [0.2, 0.25) is 0 Å². The van der Waals surface area contributed by atoms with Gasteiger partial charge in [-0.1, -0.05) is 11.8 Å². The van der Waals surface area contributed by atoms with Crippen LogP contribution in [-0.2, 0) is 0 Å². The highest BCUT2D eigenvalue weighted by molar-refractivity contribution is 7.99. The number of alkyl halides is 3. The second kappa shape index (κ2) is 5.20. The second-order valence-corrected chi connectivity index (χ2v) is 3.51. The van der Waals surface area contributed by atoms with Crippen LogP contribution in [0.15, 0.2) is 11.5 Å². The molecule has 1 rings (SSSR count). The summed E-state index contributed by atoms with van der Waals surface area (Å²) >= 11 is 1.32. The first-order chi connectivity index (χ1) is 6.58.